The Hall–Kier alpha value is -2.36. The van der Waals surface area contributed by atoms with E-state index in [4.69, 9.17) is 16.3 Å². The smallest absolute Gasteiger partial charge is 0.324 e. The van der Waals surface area contributed by atoms with Crippen molar-refractivity contribution in [1.29, 1.82) is 0 Å². The number of carbonyl (C=O) groups excluding carboxylic acids is 3. The number of hydrogen-bond donors (Lipinski definition) is 2. The molecule has 2 saturated heterocycles. The maximum absolute atomic E-state index is 12.8. The SMILES string of the molecule is COCCN1C(=O)NC2CC(C(=O)NCCN3CCN(c4cccc(Cl)c4)CC3)CCC2C1=O. The first-order valence-corrected chi connectivity index (χ1v) is 12.5. The van der Waals surface area contributed by atoms with Crippen molar-refractivity contribution in [3.05, 3.63) is 29.3 Å². The van der Waals surface area contributed by atoms with E-state index in [1.54, 1.807) is 7.11 Å². The second kappa shape index (κ2) is 11.4. The van der Waals surface area contributed by atoms with Gasteiger partial charge in [0.15, 0.2) is 0 Å². The van der Waals surface area contributed by atoms with Crippen LogP contribution in [0.5, 0.6) is 0 Å². The summed E-state index contributed by atoms with van der Waals surface area (Å²) in [6.07, 6.45) is 1.77. The molecule has 9 nitrogen and oxygen atoms in total. The average molecular weight is 492 g/mol. The van der Waals surface area contributed by atoms with Crippen LogP contribution >= 0.6 is 11.6 Å². The van der Waals surface area contributed by atoms with E-state index in [1.807, 2.05) is 18.2 Å². The van der Waals surface area contributed by atoms with Crippen molar-refractivity contribution in [3.63, 3.8) is 0 Å². The summed E-state index contributed by atoms with van der Waals surface area (Å²) in [6, 6.07) is 7.26. The van der Waals surface area contributed by atoms with Gasteiger partial charge in [0.2, 0.25) is 11.8 Å². The van der Waals surface area contributed by atoms with Gasteiger partial charge in [0, 0.05) is 69.0 Å². The lowest BCUT2D eigenvalue weighted by atomic mass is 9.76. The van der Waals surface area contributed by atoms with E-state index in [9.17, 15) is 14.4 Å². The van der Waals surface area contributed by atoms with Gasteiger partial charge in [0.05, 0.1) is 19.1 Å². The highest BCUT2D eigenvalue weighted by molar-refractivity contribution is 6.30. The molecule has 0 aromatic heterocycles. The Labute approximate surface area is 205 Å². The monoisotopic (exact) mass is 491 g/mol. The number of nitrogens with zero attached hydrogens (tertiary/aromatic N) is 3. The molecule has 4 rings (SSSR count). The molecule has 2 heterocycles. The lowest BCUT2D eigenvalue weighted by Crippen LogP contribution is -2.62. The summed E-state index contributed by atoms with van der Waals surface area (Å²) in [5, 5.41) is 6.75. The van der Waals surface area contributed by atoms with Crippen LogP contribution in [0.4, 0.5) is 10.5 Å². The third-order valence-corrected chi connectivity index (χ3v) is 7.39. The molecule has 10 heteroatoms. The Morgan fingerprint density at radius 1 is 1.18 bits per heavy atom. The number of benzene rings is 1. The van der Waals surface area contributed by atoms with Crippen LogP contribution in [0, 0.1) is 11.8 Å². The summed E-state index contributed by atoms with van der Waals surface area (Å²) in [6.45, 7) is 5.68. The normalized spacial score (nSPS) is 25.6. The van der Waals surface area contributed by atoms with Gasteiger partial charge in [-0.1, -0.05) is 17.7 Å². The lowest BCUT2D eigenvalue weighted by Gasteiger charge is -2.42. The largest absolute Gasteiger partial charge is 0.383 e. The molecule has 3 atom stereocenters. The quantitative estimate of drug-likeness (QED) is 0.573. The molecule has 1 aromatic rings. The molecule has 0 radical (unpaired) electrons. The molecule has 1 aliphatic carbocycles. The molecule has 1 saturated carbocycles. The van der Waals surface area contributed by atoms with E-state index in [0.29, 0.717) is 32.4 Å². The summed E-state index contributed by atoms with van der Waals surface area (Å²) in [5.74, 6) is -0.574. The molecule has 0 bridgehead atoms. The molecular weight excluding hydrogens is 458 g/mol. The van der Waals surface area contributed by atoms with E-state index in [0.717, 1.165) is 43.4 Å². The van der Waals surface area contributed by atoms with Gasteiger partial charge in [-0.2, -0.15) is 0 Å². The van der Waals surface area contributed by atoms with Crippen LogP contribution in [0.2, 0.25) is 5.02 Å². The minimum absolute atomic E-state index is 0.0134. The number of rotatable bonds is 8. The van der Waals surface area contributed by atoms with Crippen LogP contribution in [-0.4, -0.2) is 93.2 Å². The van der Waals surface area contributed by atoms with Crippen LogP contribution in [0.3, 0.4) is 0 Å². The molecule has 1 aromatic carbocycles. The number of methoxy groups -OCH3 is 1. The fraction of sp³-hybridized carbons (Fsp3) is 0.625. The van der Waals surface area contributed by atoms with Gasteiger partial charge in [0.25, 0.3) is 0 Å². The van der Waals surface area contributed by atoms with Crippen molar-refractivity contribution in [3.8, 4) is 0 Å². The number of hydrogen-bond acceptors (Lipinski definition) is 6. The van der Waals surface area contributed by atoms with Gasteiger partial charge in [-0.25, -0.2) is 4.79 Å². The molecule has 186 valence electrons. The van der Waals surface area contributed by atoms with E-state index < -0.39 is 0 Å². The fourth-order valence-electron chi connectivity index (χ4n) is 5.18. The summed E-state index contributed by atoms with van der Waals surface area (Å²) in [4.78, 5) is 43.8. The minimum atomic E-state index is -0.388. The number of halogens is 1. The fourth-order valence-corrected chi connectivity index (χ4v) is 5.36. The zero-order chi connectivity index (χ0) is 24.1. The first kappa shape index (κ1) is 24.8. The van der Waals surface area contributed by atoms with Crippen molar-refractivity contribution in [2.45, 2.75) is 25.3 Å². The summed E-state index contributed by atoms with van der Waals surface area (Å²) < 4.78 is 5.00. The molecule has 3 aliphatic rings. The maximum atomic E-state index is 12.8. The second-order valence-electron chi connectivity index (χ2n) is 9.25. The molecule has 3 unspecified atom stereocenters. The standard InChI is InChI=1S/C24H34ClN5O4/c1-34-14-13-30-23(32)20-6-5-17(15-21(20)27-24(30)33)22(31)26-7-8-28-9-11-29(12-10-28)19-4-2-3-18(25)16-19/h2-4,16-17,20-21H,5-15H2,1H3,(H,26,31)(H,27,33). The van der Waals surface area contributed by atoms with Gasteiger partial charge < -0.3 is 20.3 Å². The van der Waals surface area contributed by atoms with Crippen LogP contribution in [0.25, 0.3) is 0 Å². The maximum Gasteiger partial charge on any atom is 0.324 e. The molecule has 2 aliphatic heterocycles. The van der Waals surface area contributed by atoms with Crippen LogP contribution in [0.1, 0.15) is 19.3 Å². The predicted octanol–water partition coefficient (Wildman–Crippen LogP) is 1.56. The van der Waals surface area contributed by atoms with Crippen molar-refractivity contribution in [1.82, 2.24) is 20.4 Å². The number of anilines is 1. The van der Waals surface area contributed by atoms with E-state index in [2.05, 4.69) is 26.5 Å². The number of urea groups is 1. The van der Waals surface area contributed by atoms with E-state index >= 15 is 0 Å². The zero-order valence-corrected chi connectivity index (χ0v) is 20.4. The molecular formula is C24H34ClN5O4. The van der Waals surface area contributed by atoms with Crippen LogP contribution in [0.15, 0.2) is 24.3 Å². The number of nitrogens with one attached hydrogen (secondary N) is 2. The number of ether oxygens (including phenoxy) is 1. The number of fused-ring (bicyclic) bond motifs is 1. The average Bonchev–Trinajstić information content (AvgIpc) is 2.84. The molecule has 34 heavy (non-hydrogen) atoms. The van der Waals surface area contributed by atoms with Gasteiger partial charge in [-0.15, -0.1) is 0 Å². The van der Waals surface area contributed by atoms with Gasteiger partial charge in [-0.3, -0.25) is 19.4 Å². The van der Waals surface area contributed by atoms with Crippen molar-refractivity contribution in [2.75, 3.05) is 64.4 Å². The van der Waals surface area contributed by atoms with E-state index in [1.165, 1.54) is 4.90 Å². The molecule has 2 N–H and O–H groups in total. The lowest BCUT2D eigenvalue weighted by molar-refractivity contribution is -0.139. The molecule has 0 spiro atoms. The Kier molecular flexibility index (Phi) is 8.28. The third kappa shape index (κ3) is 5.82. The highest BCUT2D eigenvalue weighted by Crippen LogP contribution is 2.33. The second-order valence-corrected chi connectivity index (χ2v) is 9.69. The van der Waals surface area contributed by atoms with Gasteiger partial charge in [-0.05, 0) is 37.5 Å². The minimum Gasteiger partial charge on any atom is -0.383 e. The topological polar surface area (TPSA) is 94.2 Å². The zero-order valence-electron chi connectivity index (χ0n) is 19.7. The van der Waals surface area contributed by atoms with Crippen molar-refractivity contribution in [2.24, 2.45) is 11.8 Å². The Morgan fingerprint density at radius 3 is 2.71 bits per heavy atom. The highest BCUT2D eigenvalue weighted by Gasteiger charge is 2.45. The first-order valence-electron chi connectivity index (χ1n) is 12.1. The first-order chi connectivity index (χ1) is 16.5. The Bertz CT molecular complexity index is 892. The van der Waals surface area contributed by atoms with Crippen LogP contribution < -0.4 is 15.5 Å². The van der Waals surface area contributed by atoms with Gasteiger partial charge in [0.1, 0.15) is 0 Å². The highest BCUT2D eigenvalue weighted by atomic mass is 35.5. The Balaban J connectivity index is 1.18. The summed E-state index contributed by atoms with van der Waals surface area (Å²) >= 11 is 6.11. The van der Waals surface area contributed by atoms with E-state index in [-0.39, 0.29) is 42.3 Å². The molecule has 4 amide bonds. The van der Waals surface area contributed by atoms with Crippen LogP contribution in [-0.2, 0) is 14.3 Å². The number of imide groups is 1. The van der Waals surface area contributed by atoms with Crippen molar-refractivity contribution >= 4 is 35.1 Å². The van der Waals surface area contributed by atoms with Gasteiger partial charge >= 0.3 is 6.03 Å². The summed E-state index contributed by atoms with van der Waals surface area (Å²) in [7, 11) is 1.54. The number of piperazine rings is 1. The molecule has 3 fully saturated rings. The Morgan fingerprint density at radius 2 is 1.97 bits per heavy atom. The predicted molar refractivity (Wildman–Crippen MR) is 130 cm³/mol. The summed E-state index contributed by atoms with van der Waals surface area (Å²) in [5.41, 5.74) is 1.14. The van der Waals surface area contributed by atoms with Crippen molar-refractivity contribution < 1.29 is 19.1 Å². The third-order valence-electron chi connectivity index (χ3n) is 7.15. The number of carbonyl (C=O) groups is 3. The number of amides is 4.